The minimum Gasteiger partial charge on any atom is -0.377 e. The average molecular weight is 309 g/mol. The lowest BCUT2D eigenvalue weighted by atomic mass is 9.74. The van der Waals surface area contributed by atoms with E-state index >= 15 is 0 Å². The van der Waals surface area contributed by atoms with Gasteiger partial charge in [0.1, 0.15) is 0 Å². The molecule has 4 heteroatoms. The zero-order valence-corrected chi connectivity index (χ0v) is 13.5. The monoisotopic (exact) mass is 308 g/mol. The summed E-state index contributed by atoms with van der Waals surface area (Å²) >= 11 is 6.35. The van der Waals surface area contributed by atoms with Crippen molar-refractivity contribution >= 4 is 11.6 Å². The minimum atomic E-state index is 0.196. The summed E-state index contributed by atoms with van der Waals surface area (Å²) in [6.07, 6.45) is 9.93. The van der Waals surface area contributed by atoms with Crippen LogP contribution in [0.3, 0.4) is 0 Å². The maximum atomic E-state index is 6.35. The Balaban J connectivity index is 1.79. The molecule has 2 fully saturated rings. The van der Waals surface area contributed by atoms with Crippen molar-refractivity contribution in [2.75, 3.05) is 19.7 Å². The largest absolute Gasteiger partial charge is 0.377 e. The van der Waals surface area contributed by atoms with Gasteiger partial charge in [-0.2, -0.15) is 0 Å². The third-order valence-electron chi connectivity index (χ3n) is 4.85. The summed E-state index contributed by atoms with van der Waals surface area (Å²) in [5.41, 5.74) is 1.41. The van der Waals surface area contributed by atoms with Crippen molar-refractivity contribution < 1.29 is 4.74 Å². The van der Waals surface area contributed by atoms with E-state index in [2.05, 4.69) is 23.3 Å². The molecular formula is C17H25ClN2O. The van der Waals surface area contributed by atoms with Crippen LogP contribution in [0.1, 0.15) is 38.2 Å². The van der Waals surface area contributed by atoms with Crippen LogP contribution in [0.4, 0.5) is 0 Å². The number of hydrogen-bond donors (Lipinski definition) is 1. The molecule has 0 spiro atoms. The Labute approximate surface area is 132 Å². The molecule has 1 aliphatic heterocycles. The number of nitrogens with one attached hydrogen (secondary N) is 1. The first kappa shape index (κ1) is 15.3. The second-order valence-electron chi connectivity index (χ2n) is 6.56. The smallest absolute Gasteiger partial charge is 0.0675 e. The van der Waals surface area contributed by atoms with Gasteiger partial charge >= 0.3 is 0 Å². The number of pyridine rings is 1. The zero-order chi connectivity index (χ0) is 14.7. The molecule has 2 heterocycles. The molecule has 2 unspecified atom stereocenters. The average Bonchev–Trinajstić information content (AvgIpc) is 3.24. The number of rotatable bonds is 7. The van der Waals surface area contributed by atoms with Crippen molar-refractivity contribution in [3.05, 3.63) is 29.0 Å². The third-order valence-corrected chi connectivity index (χ3v) is 5.19. The van der Waals surface area contributed by atoms with E-state index in [0.717, 1.165) is 43.5 Å². The van der Waals surface area contributed by atoms with Gasteiger partial charge in [-0.05, 0) is 56.2 Å². The van der Waals surface area contributed by atoms with Crippen LogP contribution in [0.2, 0.25) is 5.02 Å². The second kappa shape index (κ2) is 6.64. The molecule has 2 atom stereocenters. The van der Waals surface area contributed by atoms with E-state index in [4.69, 9.17) is 16.3 Å². The van der Waals surface area contributed by atoms with Gasteiger partial charge in [0, 0.05) is 31.0 Å². The normalized spacial score (nSPS) is 29.0. The Hall–Kier alpha value is -0.640. The van der Waals surface area contributed by atoms with Gasteiger partial charge in [-0.1, -0.05) is 18.5 Å². The van der Waals surface area contributed by atoms with Gasteiger partial charge in [0.2, 0.25) is 0 Å². The van der Waals surface area contributed by atoms with Gasteiger partial charge in [0.25, 0.3) is 0 Å². The first-order valence-corrected chi connectivity index (χ1v) is 8.54. The number of ether oxygens (including phenoxy) is 1. The van der Waals surface area contributed by atoms with Crippen LogP contribution in [-0.2, 0) is 11.2 Å². The number of nitrogens with zero attached hydrogens (tertiary/aromatic N) is 1. The fourth-order valence-electron chi connectivity index (χ4n) is 3.62. The Bertz CT molecular complexity index is 478. The highest BCUT2D eigenvalue weighted by molar-refractivity contribution is 6.31. The van der Waals surface area contributed by atoms with Crippen LogP contribution in [0.25, 0.3) is 0 Å². The summed E-state index contributed by atoms with van der Waals surface area (Å²) in [6, 6.07) is 2.06. The van der Waals surface area contributed by atoms with E-state index in [9.17, 15) is 0 Å². The topological polar surface area (TPSA) is 34.2 Å². The van der Waals surface area contributed by atoms with Gasteiger partial charge in [-0.25, -0.2) is 0 Å². The second-order valence-corrected chi connectivity index (χ2v) is 6.97. The summed E-state index contributed by atoms with van der Waals surface area (Å²) in [6.45, 7) is 5.20. The summed E-state index contributed by atoms with van der Waals surface area (Å²) in [7, 11) is 0. The molecule has 3 rings (SSSR count). The molecule has 1 aromatic heterocycles. The van der Waals surface area contributed by atoms with Crippen LogP contribution < -0.4 is 5.32 Å². The molecule has 0 amide bonds. The molecule has 0 aromatic carbocycles. The maximum Gasteiger partial charge on any atom is 0.0675 e. The molecule has 1 saturated carbocycles. The van der Waals surface area contributed by atoms with Crippen LogP contribution >= 0.6 is 11.6 Å². The zero-order valence-electron chi connectivity index (χ0n) is 12.8. The Morgan fingerprint density at radius 2 is 2.33 bits per heavy atom. The molecule has 116 valence electrons. The molecule has 0 bridgehead atoms. The van der Waals surface area contributed by atoms with Crippen LogP contribution in [0, 0.1) is 11.3 Å². The van der Waals surface area contributed by atoms with Crippen LogP contribution in [-0.4, -0.2) is 30.8 Å². The summed E-state index contributed by atoms with van der Waals surface area (Å²) in [5.74, 6) is 0.761. The molecule has 2 aliphatic rings. The predicted molar refractivity (Wildman–Crippen MR) is 85.6 cm³/mol. The summed E-state index contributed by atoms with van der Waals surface area (Å²) < 4.78 is 6.14. The third kappa shape index (κ3) is 3.41. The van der Waals surface area contributed by atoms with Gasteiger partial charge in [-0.3, -0.25) is 4.98 Å². The van der Waals surface area contributed by atoms with E-state index in [1.807, 2.05) is 6.20 Å². The van der Waals surface area contributed by atoms with Crippen molar-refractivity contribution in [3.8, 4) is 0 Å². The molecule has 1 aliphatic carbocycles. The lowest BCUT2D eigenvalue weighted by Gasteiger charge is -2.35. The van der Waals surface area contributed by atoms with Gasteiger partial charge < -0.3 is 10.1 Å². The van der Waals surface area contributed by atoms with E-state index in [1.54, 1.807) is 6.20 Å². The van der Waals surface area contributed by atoms with Crippen molar-refractivity contribution in [2.24, 2.45) is 11.3 Å². The number of hydrogen-bond acceptors (Lipinski definition) is 3. The lowest BCUT2D eigenvalue weighted by Crippen LogP contribution is -2.43. The molecule has 1 saturated heterocycles. The van der Waals surface area contributed by atoms with Crippen LogP contribution in [0.15, 0.2) is 18.5 Å². The van der Waals surface area contributed by atoms with E-state index < -0.39 is 0 Å². The van der Waals surface area contributed by atoms with Gasteiger partial charge in [0.15, 0.2) is 0 Å². The fraction of sp³-hybridized carbons (Fsp3) is 0.706. The lowest BCUT2D eigenvalue weighted by molar-refractivity contribution is 0.0307. The molecule has 0 radical (unpaired) electrons. The van der Waals surface area contributed by atoms with E-state index in [-0.39, 0.29) is 5.41 Å². The van der Waals surface area contributed by atoms with Crippen molar-refractivity contribution in [1.29, 1.82) is 0 Å². The fourth-order valence-corrected chi connectivity index (χ4v) is 3.81. The highest BCUT2D eigenvalue weighted by Crippen LogP contribution is 2.49. The predicted octanol–water partition coefficient (Wildman–Crippen LogP) is 3.46. The van der Waals surface area contributed by atoms with E-state index in [1.165, 1.54) is 24.8 Å². The molecule has 21 heavy (non-hydrogen) atoms. The molecule has 1 aromatic rings. The van der Waals surface area contributed by atoms with Crippen molar-refractivity contribution in [2.45, 2.75) is 45.1 Å². The van der Waals surface area contributed by atoms with E-state index in [0.29, 0.717) is 6.10 Å². The first-order valence-electron chi connectivity index (χ1n) is 8.16. The Morgan fingerprint density at radius 1 is 1.48 bits per heavy atom. The highest BCUT2D eigenvalue weighted by Gasteiger charge is 2.50. The standard InChI is InChI=1S/C17H25ClN2O/c1-2-7-20-12-17(6-9-21-16(17)13-3-4-13)10-14-5-8-19-11-15(14)18/h5,8,11,13,16,20H,2-4,6-7,9-10,12H2,1H3. The summed E-state index contributed by atoms with van der Waals surface area (Å²) in [5, 5.41) is 4.42. The maximum absolute atomic E-state index is 6.35. The Morgan fingerprint density at radius 3 is 3.05 bits per heavy atom. The Kier molecular flexibility index (Phi) is 4.82. The SMILES string of the molecule is CCCNCC1(Cc2ccncc2Cl)CCOC1C1CC1. The van der Waals surface area contributed by atoms with Crippen LogP contribution in [0.5, 0.6) is 0 Å². The van der Waals surface area contributed by atoms with Gasteiger partial charge in [-0.15, -0.1) is 0 Å². The van der Waals surface area contributed by atoms with Crippen molar-refractivity contribution in [1.82, 2.24) is 10.3 Å². The number of aromatic nitrogens is 1. The highest BCUT2D eigenvalue weighted by atomic mass is 35.5. The molecule has 1 N–H and O–H groups in total. The quantitative estimate of drug-likeness (QED) is 0.783. The number of halogens is 1. The molecular weight excluding hydrogens is 284 g/mol. The van der Waals surface area contributed by atoms with Crippen molar-refractivity contribution in [3.63, 3.8) is 0 Å². The molecule has 3 nitrogen and oxygen atoms in total. The minimum absolute atomic E-state index is 0.196. The van der Waals surface area contributed by atoms with Gasteiger partial charge in [0.05, 0.1) is 11.1 Å². The first-order chi connectivity index (χ1) is 10.2. The summed E-state index contributed by atoms with van der Waals surface area (Å²) in [4.78, 5) is 4.11.